The van der Waals surface area contributed by atoms with Gasteiger partial charge in [-0.15, -0.1) is 0 Å². The van der Waals surface area contributed by atoms with E-state index >= 15 is 0 Å². The minimum atomic E-state index is -0.442. The molecular formula is C18H26N4O2. The molecule has 0 bridgehead atoms. The van der Waals surface area contributed by atoms with Crippen LogP contribution in [-0.4, -0.2) is 28.6 Å². The van der Waals surface area contributed by atoms with E-state index in [1.165, 1.54) is 0 Å². The van der Waals surface area contributed by atoms with Crippen LogP contribution in [0.2, 0.25) is 0 Å². The van der Waals surface area contributed by atoms with Crippen LogP contribution in [0.15, 0.2) is 28.8 Å². The van der Waals surface area contributed by atoms with Gasteiger partial charge in [0.15, 0.2) is 5.82 Å². The Morgan fingerprint density at radius 2 is 2.00 bits per heavy atom. The lowest BCUT2D eigenvalue weighted by molar-refractivity contribution is -0.123. The maximum atomic E-state index is 11.9. The molecule has 6 nitrogen and oxygen atoms in total. The van der Waals surface area contributed by atoms with Crippen molar-refractivity contribution in [3.63, 3.8) is 0 Å². The molecule has 0 aliphatic rings. The first-order chi connectivity index (χ1) is 11.5. The number of carbonyl (C=O) groups excluding carboxylic acids is 1. The maximum absolute atomic E-state index is 11.9. The zero-order valence-electron chi connectivity index (χ0n) is 14.6. The van der Waals surface area contributed by atoms with E-state index in [-0.39, 0.29) is 11.8 Å². The summed E-state index contributed by atoms with van der Waals surface area (Å²) in [6.45, 7) is 6.58. The second-order valence-corrected chi connectivity index (χ2v) is 6.02. The van der Waals surface area contributed by atoms with E-state index in [1.54, 1.807) is 0 Å². The third-order valence-corrected chi connectivity index (χ3v) is 4.26. The monoisotopic (exact) mass is 330 g/mol. The molecular weight excluding hydrogens is 304 g/mol. The Morgan fingerprint density at radius 3 is 2.58 bits per heavy atom. The third-order valence-electron chi connectivity index (χ3n) is 4.26. The summed E-state index contributed by atoms with van der Waals surface area (Å²) in [5.41, 5.74) is 7.94. The zero-order valence-corrected chi connectivity index (χ0v) is 14.6. The first-order valence-corrected chi connectivity index (χ1v) is 8.50. The van der Waals surface area contributed by atoms with Crippen molar-refractivity contribution in [1.82, 2.24) is 15.5 Å². The van der Waals surface area contributed by atoms with Gasteiger partial charge in [-0.1, -0.05) is 44.5 Å². The number of carbonyl (C=O) groups is 1. The van der Waals surface area contributed by atoms with E-state index in [2.05, 4.69) is 15.5 Å². The fraction of sp³-hybridized carbons (Fsp3) is 0.500. The van der Waals surface area contributed by atoms with Crippen molar-refractivity contribution < 1.29 is 9.32 Å². The molecule has 130 valence electrons. The maximum Gasteiger partial charge on any atom is 0.257 e. The van der Waals surface area contributed by atoms with Crippen LogP contribution in [0.5, 0.6) is 0 Å². The van der Waals surface area contributed by atoms with Gasteiger partial charge in [-0.05, 0) is 30.0 Å². The Balaban J connectivity index is 1.85. The molecule has 0 aliphatic carbocycles. The van der Waals surface area contributed by atoms with E-state index in [4.69, 9.17) is 10.3 Å². The molecule has 0 saturated heterocycles. The fourth-order valence-electron chi connectivity index (χ4n) is 2.29. The molecule has 3 N–H and O–H groups in total. The number of hydrogen-bond acceptors (Lipinski definition) is 5. The molecule has 2 atom stereocenters. The largest absolute Gasteiger partial charge is 0.354 e. The summed E-state index contributed by atoms with van der Waals surface area (Å²) in [7, 11) is 0. The molecule has 2 aromatic rings. The molecule has 1 heterocycles. The number of nitrogens with zero attached hydrogens (tertiary/aromatic N) is 2. The number of benzene rings is 1. The molecule has 0 saturated carbocycles. The highest BCUT2D eigenvalue weighted by molar-refractivity contribution is 5.81. The summed E-state index contributed by atoms with van der Waals surface area (Å²) in [4.78, 5) is 16.2. The number of rotatable bonds is 8. The van der Waals surface area contributed by atoms with Gasteiger partial charge in [-0.3, -0.25) is 4.79 Å². The van der Waals surface area contributed by atoms with Crippen LogP contribution in [0, 0.1) is 5.92 Å². The molecule has 1 aromatic carbocycles. The molecule has 0 aliphatic heterocycles. The highest BCUT2D eigenvalue weighted by Gasteiger charge is 2.18. The van der Waals surface area contributed by atoms with Crippen molar-refractivity contribution in [1.29, 1.82) is 0 Å². The van der Waals surface area contributed by atoms with Crippen LogP contribution >= 0.6 is 0 Å². The molecule has 1 aromatic heterocycles. The molecule has 0 spiro atoms. The number of hydrogen-bond donors (Lipinski definition) is 2. The topological polar surface area (TPSA) is 94.0 Å². The summed E-state index contributed by atoms with van der Waals surface area (Å²) in [6.07, 6.45) is 2.40. The van der Waals surface area contributed by atoms with Crippen molar-refractivity contribution in [3.05, 3.63) is 35.7 Å². The van der Waals surface area contributed by atoms with Gasteiger partial charge in [-0.2, -0.15) is 4.98 Å². The van der Waals surface area contributed by atoms with Crippen molar-refractivity contribution >= 4 is 5.91 Å². The smallest absolute Gasteiger partial charge is 0.257 e. The Hall–Kier alpha value is -2.21. The molecule has 24 heavy (non-hydrogen) atoms. The Labute approximate surface area is 142 Å². The van der Waals surface area contributed by atoms with Crippen LogP contribution in [-0.2, 0) is 17.6 Å². The van der Waals surface area contributed by atoms with Gasteiger partial charge in [0.2, 0.25) is 5.91 Å². The summed E-state index contributed by atoms with van der Waals surface area (Å²) >= 11 is 0. The van der Waals surface area contributed by atoms with Gasteiger partial charge in [0, 0.05) is 18.5 Å². The van der Waals surface area contributed by atoms with Crippen LogP contribution in [0.1, 0.15) is 38.6 Å². The van der Waals surface area contributed by atoms with E-state index in [1.807, 2.05) is 45.0 Å². The van der Waals surface area contributed by atoms with Gasteiger partial charge in [0.1, 0.15) is 0 Å². The minimum Gasteiger partial charge on any atom is -0.354 e. The SMILES string of the molecule is CCc1noc(-c2ccc(CCNC(=O)C(N)C(C)CC)cc2)n1. The third kappa shape index (κ3) is 4.64. The second-order valence-electron chi connectivity index (χ2n) is 6.02. The summed E-state index contributed by atoms with van der Waals surface area (Å²) < 4.78 is 5.22. The number of aromatic nitrogens is 2. The molecule has 0 fully saturated rings. The molecule has 6 heteroatoms. The lowest BCUT2D eigenvalue weighted by Crippen LogP contribution is -2.45. The average Bonchev–Trinajstić information content (AvgIpc) is 3.10. The minimum absolute atomic E-state index is 0.0843. The predicted molar refractivity (Wildman–Crippen MR) is 93.3 cm³/mol. The highest BCUT2D eigenvalue weighted by Crippen LogP contribution is 2.18. The lowest BCUT2D eigenvalue weighted by atomic mass is 9.99. The van der Waals surface area contributed by atoms with E-state index in [0.717, 1.165) is 30.4 Å². The predicted octanol–water partition coefficient (Wildman–Crippen LogP) is 2.33. The number of nitrogens with two attached hydrogens (primary N) is 1. The first-order valence-electron chi connectivity index (χ1n) is 8.50. The van der Waals surface area contributed by atoms with Gasteiger partial charge >= 0.3 is 0 Å². The normalized spacial score (nSPS) is 13.5. The number of amides is 1. The summed E-state index contributed by atoms with van der Waals surface area (Å²) in [6, 6.07) is 7.48. The average molecular weight is 330 g/mol. The molecule has 2 rings (SSSR count). The molecule has 0 radical (unpaired) electrons. The van der Waals surface area contributed by atoms with E-state index < -0.39 is 6.04 Å². The summed E-state index contributed by atoms with van der Waals surface area (Å²) in [5.74, 6) is 1.34. The fourth-order valence-corrected chi connectivity index (χ4v) is 2.29. The molecule has 1 amide bonds. The molecule has 2 unspecified atom stereocenters. The van der Waals surface area contributed by atoms with Crippen LogP contribution < -0.4 is 11.1 Å². The zero-order chi connectivity index (χ0) is 17.5. The second kappa shape index (κ2) is 8.59. The quantitative estimate of drug-likeness (QED) is 0.775. The van der Waals surface area contributed by atoms with Crippen molar-refractivity contribution in [2.75, 3.05) is 6.54 Å². The standard InChI is InChI=1S/C18H26N4O2/c1-4-12(3)16(19)17(23)20-11-10-13-6-8-14(9-7-13)18-21-15(5-2)22-24-18/h6-9,12,16H,4-5,10-11,19H2,1-3H3,(H,20,23). The van der Waals surface area contributed by atoms with Crippen molar-refractivity contribution in [3.8, 4) is 11.5 Å². The summed E-state index contributed by atoms with van der Waals surface area (Å²) in [5, 5.41) is 6.79. The Morgan fingerprint density at radius 1 is 1.29 bits per heavy atom. The number of aryl methyl sites for hydroxylation is 1. The van der Waals surface area contributed by atoms with E-state index in [9.17, 15) is 4.79 Å². The number of nitrogens with one attached hydrogen (secondary N) is 1. The van der Waals surface area contributed by atoms with Gasteiger partial charge in [-0.25, -0.2) is 0 Å². The van der Waals surface area contributed by atoms with Gasteiger partial charge < -0.3 is 15.6 Å². The van der Waals surface area contributed by atoms with Crippen LogP contribution in [0.3, 0.4) is 0 Å². The Bertz CT molecular complexity index is 651. The van der Waals surface area contributed by atoms with E-state index in [0.29, 0.717) is 18.3 Å². The van der Waals surface area contributed by atoms with Gasteiger partial charge in [0.25, 0.3) is 5.89 Å². The van der Waals surface area contributed by atoms with Crippen LogP contribution in [0.25, 0.3) is 11.5 Å². The Kier molecular flexibility index (Phi) is 6.49. The van der Waals surface area contributed by atoms with Crippen molar-refractivity contribution in [2.45, 2.75) is 46.1 Å². The highest BCUT2D eigenvalue weighted by atomic mass is 16.5. The van der Waals surface area contributed by atoms with Crippen molar-refractivity contribution in [2.24, 2.45) is 11.7 Å². The van der Waals surface area contributed by atoms with Crippen LogP contribution in [0.4, 0.5) is 0 Å². The van der Waals surface area contributed by atoms with Gasteiger partial charge in [0.05, 0.1) is 6.04 Å². The first kappa shape index (κ1) is 18.1. The lowest BCUT2D eigenvalue weighted by Gasteiger charge is -2.17.